The number of carbonyl (C=O) groups excluding carboxylic acids is 2. The van der Waals surface area contributed by atoms with Crippen LogP contribution in [0.2, 0.25) is 0 Å². The van der Waals surface area contributed by atoms with Crippen molar-refractivity contribution in [3.63, 3.8) is 0 Å². The Hall–Kier alpha value is -3.15. The van der Waals surface area contributed by atoms with Gasteiger partial charge in [-0.1, -0.05) is 39.0 Å². The van der Waals surface area contributed by atoms with Gasteiger partial charge in [0.05, 0.1) is 18.7 Å². The van der Waals surface area contributed by atoms with E-state index >= 15 is 0 Å². The monoisotopic (exact) mass is 433 g/mol. The van der Waals surface area contributed by atoms with Crippen LogP contribution in [0.3, 0.4) is 0 Å². The van der Waals surface area contributed by atoms with Crippen LogP contribution in [0.25, 0.3) is 5.57 Å². The molecule has 1 unspecified atom stereocenters. The third-order valence-electron chi connectivity index (χ3n) is 5.91. The van der Waals surface area contributed by atoms with Gasteiger partial charge in [-0.25, -0.2) is 0 Å². The van der Waals surface area contributed by atoms with Gasteiger partial charge in [0.1, 0.15) is 11.4 Å². The van der Waals surface area contributed by atoms with Gasteiger partial charge >= 0.3 is 0 Å². The van der Waals surface area contributed by atoms with Gasteiger partial charge in [-0.15, -0.1) is 0 Å². The molecule has 0 radical (unpaired) electrons. The molecule has 6 heteroatoms. The highest BCUT2D eigenvalue weighted by atomic mass is 16.5. The van der Waals surface area contributed by atoms with Crippen molar-refractivity contribution in [3.8, 4) is 5.75 Å². The first-order valence-electron chi connectivity index (χ1n) is 11.4. The smallest absolute Gasteiger partial charge is 0.278 e. The minimum atomic E-state index is -0.247. The van der Waals surface area contributed by atoms with Crippen LogP contribution in [-0.4, -0.2) is 46.3 Å². The van der Waals surface area contributed by atoms with Gasteiger partial charge in [-0.3, -0.25) is 19.5 Å². The lowest BCUT2D eigenvalue weighted by Crippen LogP contribution is -2.39. The molecular weight excluding hydrogens is 402 g/mol. The van der Waals surface area contributed by atoms with Gasteiger partial charge in [0, 0.05) is 25.5 Å². The number of nitrogens with zero attached hydrogens (tertiary/aromatic N) is 3. The molecule has 3 heterocycles. The molecule has 1 fully saturated rings. The van der Waals surface area contributed by atoms with Gasteiger partial charge < -0.3 is 9.64 Å². The van der Waals surface area contributed by atoms with Gasteiger partial charge in [0.25, 0.3) is 11.8 Å². The summed E-state index contributed by atoms with van der Waals surface area (Å²) in [6, 6.07) is 11.2. The molecule has 0 aliphatic carbocycles. The fourth-order valence-corrected chi connectivity index (χ4v) is 4.31. The summed E-state index contributed by atoms with van der Waals surface area (Å²) in [5.74, 6) is 1.21. The molecule has 1 atom stereocenters. The first kappa shape index (κ1) is 22.1. The Morgan fingerprint density at radius 3 is 2.56 bits per heavy atom. The van der Waals surface area contributed by atoms with Crippen LogP contribution in [0.1, 0.15) is 44.7 Å². The molecule has 2 aliphatic rings. The maximum Gasteiger partial charge on any atom is 0.278 e. The highest BCUT2D eigenvalue weighted by molar-refractivity contribution is 6.35. The first-order valence-corrected chi connectivity index (χ1v) is 11.4. The Kier molecular flexibility index (Phi) is 6.58. The number of hydrogen-bond donors (Lipinski definition) is 0. The number of hydrogen-bond acceptors (Lipinski definition) is 5. The van der Waals surface area contributed by atoms with Crippen molar-refractivity contribution in [1.29, 1.82) is 0 Å². The molecular formula is C26H31N3O3. The van der Waals surface area contributed by atoms with Crippen molar-refractivity contribution in [2.24, 2.45) is 11.8 Å². The molecule has 168 valence electrons. The van der Waals surface area contributed by atoms with E-state index in [-0.39, 0.29) is 18.4 Å². The predicted molar refractivity (Wildman–Crippen MR) is 123 cm³/mol. The zero-order chi connectivity index (χ0) is 22.7. The van der Waals surface area contributed by atoms with Gasteiger partial charge in [-0.05, 0) is 54.0 Å². The molecule has 1 aromatic heterocycles. The second-order valence-corrected chi connectivity index (χ2v) is 9.20. The van der Waals surface area contributed by atoms with Gasteiger partial charge in [-0.2, -0.15) is 0 Å². The molecule has 0 N–H and O–H groups in total. The van der Waals surface area contributed by atoms with Crippen molar-refractivity contribution < 1.29 is 14.3 Å². The summed E-state index contributed by atoms with van der Waals surface area (Å²) in [6.45, 7) is 8.83. The normalized spacial score (nSPS) is 19.3. The third-order valence-corrected chi connectivity index (χ3v) is 5.91. The number of benzene rings is 1. The van der Waals surface area contributed by atoms with E-state index in [0.717, 1.165) is 42.8 Å². The van der Waals surface area contributed by atoms with Crippen LogP contribution < -0.4 is 4.74 Å². The third kappa shape index (κ3) is 4.69. The number of amides is 2. The average Bonchev–Trinajstić information content (AvgIpc) is 3.03. The molecule has 2 aliphatic heterocycles. The highest BCUT2D eigenvalue weighted by Crippen LogP contribution is 2.35. The van der Waals surface area contributed by atoms with Crippen molar-refractivity contribution >= 4 is 17.4 Å². The summed E-state index contributed by atoms with van der Waals surface area (Å²) in [7, 11) is 0. The van der Waals surface area contributed by atoms with Gasteiger partial charge in [0.15, 0.2) is 0 Å². The Labute approximate surface area is 189 Å². The Balaban J connectivity index is 1.67. The van der Waals surface area contributed by atoms with Crippen molar-refractivity contribution in [2.45, 2.75) is 40.2 Å². The summed E-state index contributed by atoms with van der Waals surface area (Å²) >= 11 is 0. The first-order chi connectivity index (χ1) is 15.4. The lowest BCUT2D eigenvalue weighted by atomic mass is 9.97. The van der Waals surface area contributed by atoms with Crippen molar-refractivity contribution in [1.82, 2.24) is 14.8 Å². The highest BCUT2D eigenvalue weighted by Gasteiger charge is 2.42. The standard InChI is InChI=1S/C26H31N3O3/c1-18(2)17-32-22-10-8-21(9-11-22)23-24(28-13-5-6-19(3)15-28)26(31)29(25(23)30)16-20-7-4-12-27-14-20/h4,7-12,14,18-19H,5-6,13,15-17H2,1-3H3. The molecule has 0 saturated carbocycles. The molecule has 4 rings (SSSR count). The lowest BCUT2D eigenvalue weighted by molar-refractivity contribution is -0.138. The maximum absolute atomic E-state index is 13.5. The predicted octanol–water partition coefficient (Wildman–Crippen LogP) is 4.13. The van der Waals surface area contributed by atoms with E-state index in [9.17, 15) is 9.59 Å². The summed E-state index contributed by atoms with van der Waals surface area (Å²) in [4.78, 5) is 34.6. The maximum atomic E-state index is 13.5. The topological polar surface area (TPSA) is 62.7 Å². The van der Waals surface area contributed by atoms with Crippen molar-refractivity contribution in [2.75, 3.05) is 19.7 Å². The van der Waals surface area contributed by atoms with Crippen LogP contribution >= 0.6 is 0 Å². The quantitative estimate of drug-likeness (QED) is 0.615. The van der Waals surface area contributed by atoms with Gasteiger partial charge in [0.2, 0.25) is 0 Å². The Morgan fingerprint density at radius 2 is 1.91 bits per heavy atom. The van der Waals surface area contributed by atoms with Crippen LogP contribution in [0.5, 0.6) is 5.75 Å². The van der Waals surface area contributed by atoms with E-state index in [1.54, 1.807) is 12.4 Å². The Bertz CT molecular complexity index is 999. The average molecular weight is 434 g/mol. The fourth-order valence-electron chi connectivity index (χ4n) is 4.31. The SMILES string of the molecule is CC(C)COc1ccc(C2=C(N3CCCC(C)C3)C(=O)N(Cc3cccnc3)C2=O)cc1. The van der Waals surface area contributed by atoms with Crippen LogP contribution in [-0.2, 0) is 16.1 Å². The van der Waals surface area contributed by atoms with E-state index in [1.165, 1.54) is 4.90 Å². The second-order valence-electron chi connectivity index (χ2n) is 9.20. The van der Waals surface area contributed by atoms with Crippen LogP contribution in [0.15, 0.2) is 54.5 Å². The largest absolute Gasteiger partial charge is 0.493 e. The van der Waals surface area contributed by atoms with Crippen LogP contribution in [0.4, 0.5) is 0 Å². The summed E-state index contributed by atoms with van der Waals surface area (Å²) in [5.41, 5.74) is 2.60. The summed E-state index contributed by atoms with van der Waals surface area (Å²) < 4.78 is 5.79. The summed E-state index contributed by atoms with van der Waals surface area (Å²) in [6.07, 6.45) is 5.54. The molecule has 2 amide bonds. The van der Waals surface area contributed by atoms with Crippen molar-refractivity contribution in [3.05, 3.63) is 65.6 Å². The summed E-state index contributed by atoms with van der Waals surface area (Å²) in [5, 5.41) is 0. The fraction of sp³-hybridized carbons (Fsp3) is 0.423. The minimum absolute atomic E-state index is 0.219. The molecule has 32 heavy (non-hydrogen) atoms. The molecule has 0 spiro atoms. The number of likely N-dealkylation sites (tertiary alicyclic amines) is 1. The molecule has 0 bridgehead atoms. The lowest BCUT2D eigenvalue weighted by Gasteiger charge is -2.33. The van der Waals surface area contributed by atoms with E-state index < -0.39 is 0 Å². The van der Waals surface area contributed by atoms with E-state index in [0.29, 0.717) is 29.7 Å². The number of piperidine rings is 1. The number of carbonyl (C=O) groups is 2. The zero-order valence-corrected chi connectivity index (χ0v) is 19.1. The molecule has 1 saturated heterocycles. The second kappa shape index (κ2) is 9.55. The number of imide groups is 1. The number of pyridine rings is 1. The van der Waals surface area contributed by atoms with E-state index in [4.69, 9.17) is 4.74 Å². The molecule has 1 aromatic carbocycles. The van der Waals surface area contributed by atoms with E-state index in [1.807, 2.05) is 36.4 Å². The molecule has 6 nitrogen and oxygen atoms in total. The molecule has 2 aromatic rings. The zero-order valence-electron chi connectivity index (χ0n) is 19.1. The van der Waals surface area contributed by atoms with E-state index in [2.05, 4.69) is 30.7 Å². The number of rotatable bonds is 7. The Morgan fingerprint density at radius 1 is 1.12 bits per heavy atom. The number of aromatic nitrogens is 1. The minimum Gasteiger partial charge on any atom is -0.493 e. The van der Waals surface area contributed by atoms with Crippen LogP contribution in [0, 0.1) is 11.8 Å². The number of ether oxygens (including phenoxy) is 1.